The van der Waals surface area contributed by atoms with Gasteiger partial charge in [-0.05, 0) is 23.8 Å². The largest absolute Gasteiger partial charge is 0.386 e. The number of amides is 1. The lowest BCUT2D eigenvalue weighted by atomic mass is 9.79. The van der Waals surface area contributed by atoms with Crippen LogP contribution in [0.1, 0.15) is 27.6 Å². The quantitative estimate of drug-likeness (QED) is 0.666. The second-order valence-electron chi connectivity index (χ2n) is 7.07. The summed E-state index contributed by atoms with van der Waals surface area (Å²) in [6, 6.07) is 27.9. The zero-order chi connectivity index (χ0) is 19.8. The maximum Gasteiger partial charge on any atom is 0.259 e. The molecular weight excluding hydrogens is 362 g/mol. The molecule has 1 unspecified atom stereocenters. The maximum absolute atomic E-state index is 13.5. The molecule has 0 saturated carbocycles. The van der Waals surface area contributed by atoms with Gasteiger partial charge in [0.05, 0.1) is 23.4 Å². The third-order valence-electron chi connectivity index (χ3n) is 5.47. The standard InChI is InChI=1S/C24H17N3O2/c25-15-20-21-22(16-9-3-1-4-10-16)26-29-23(21)18-13-7-8-14-19(18)27(20)24(28)17-11-5-2-6-12-17/h1-14,20-21,23H/t20?,21-,23-/m0/s1. The third kappa shape index (κ3) is 2.69. The molecule has 5 nitrogen and oxygen atoms in total. The zero-order valence-corrected chi connectivity index (χ0v) is 15.5. The number of carbonyl (C=O) groups excluding carboxylic acids is 1. The maximum atomic E-state index is 13.5. The molecule has 29 heavy (non-hydrogen) atoms. The number of hydrogen-bond donors (Lipinski definition) is 0. The van der Waals surface area contributed by atoms with Gasteiger partial charge in [0.25, 0.3) is 5.91 Å². The molecule has 3 atom stereocenters. The van der Waals surface area contributed by atoms with Crippen LogP contribution in [0, 0.1) is 17.2 Å². The van der Waals surface area contributed by atoms with Crippen LogP contribution in [0.25, 0.3) is 0 Å². The number of hydrogen-bond acceptors (Lipinski definition) is 4. The lowest BCUT2D eigenvalue weighted by Gasteiger charge is -2.39. The van der Waals surface area contributed by atoms with E-state index in [4.69, 9.17) is 4.84 Å². The average molecular weight is 379 g/mol. The van der Waals surface area contributed by atoms with Crippen LogP contribution < -0.4 is 4.90 Å². The normalized spacial score (nSPS) is 22.0. The van der Waals surface area contributed by atoms with E-state index in [0.717, 1.165) is 11.1 Å². The molecule has 2 aliphatic heterocycles. The van der Waals surface area contributed by atoms with Crippen molar-refractivity contribution in [3.8, 4) is 6.07 Å². The summed E-state index contributed by atoms with van der Waals surface area (Å²) in [6.45, 7) is 0. The number of nitrogens with zero attached hydrogens (tertiary/aromatic N) is 3. The van der Waals surface area contributed by atoms with Crippen molar-refractivity contribution in [1.29, 1.82) is 5.26 Å². The number of carbonyl (C=O) groups is 1. The molecule has 0 bridgehead atoms. The van der Waals surface area contributed by atoms with E-state index in [1.807, 2.05) is 72.8 Å². The Morgan fingerprint density at radius 3 is 2.31 bits per heavy atom. The lowest BCUT2D eigenvalue weighted by molar-refractivity contribution is 0.0533. The summed E-state index contributed by atoms with van der Waals surface area (Å²) < 4.78 is 0. The van der Waals surface area contributed by atoms with Gasteiger partial charge in [0, 0.05) is 11.1 Å². The van der Waals surface area contributed by atoms with E-state index < -0.39 is 12.1 Å². The third-order valence-corrected chi connectivity index (χ3v) is 5.47. The van der Waals surface area contributed by atoms with Crippen LogP contribution in [-0.4, -0.2) is 17.7 Å². The van der Waals surface area contributed by atoms with Gasteiger partial charge in [0.2, 0.25) is 0 Å². The number of nitriles is 1. The van der Waals surface area contributed by atoms with E-state index in [-0.39, 0.29) is 11.8 Å². The minimum absolute atomic E-state index is 0.206. The van der Waals surface area contributed by atoms with Crippen LogP contribution in [0.15, 0.2) is 90.1 Å². The molecule has 0 N–H and O–H groups in total. The van der Waals surface area contributed by atoms with E-state index >= 15 is 0 Å². The van der Waals surface area contributed by atoms with Crippen molar-refractivity contribution in [3.63, 3.8) is 0 Å². The first-order valence-corrected chi connectivity index (χ1v) is 9.46. The van der Waals surface area contributed by atoms with Crippen LogP contribution in [0.5, 0.6) is 0 Å². The number of fused-ring (bicyclic) bond motifs is 3. The molecule has 0 aromatic heterocycles. The van der Waals surface area contributed by atoms with Crippen LogP contribution in [0.4, 0.5) is 5.69 Å². The Morgan fingerprint density at radius 2 is 1.59 bits per heavy atom. The Balaban J connectivity index is 1.66. The highest BCUT2D eigenvalue weighted by Crippen LogP contribution is 2.47. The van der Waals surface area contributed by atoms with Gasteiger partial charge in [0.1, 0.15) is 6.04 Å². The molecule has 0 radical (unpaired) electrons. The van der Waals surface area contributed by atoms with Crippen molar-refractivity contribution in [1.82, 2.24) is 0 Å². The van der Waals surface area contributed by atoms with E-state index in [2.05, 4.69) is 11.2 Å². The van der Waals surface area contributed by atoms with Crippen molar-refractivity contribution in [2.24, 2.45) is 11.1 Å². The number of para-hydroxylation sites is 1. The SMILES string of the molecule is N#CC1[C@H]2C(c3ccccc3)=NO[C@H]2c2ccccc2N1C(=O)c1ccccc1. The summed E-state index contributed by atoms with van der Waals surface area (Å²) in [7, 11) is 0. The van der Waals surface area contributed by atoms with E-state index in [1.165, 1.54) is 0 Å². The topological polar surface area (TPSA) is 65.7 Å². The van der Waals surface area contributed by atoms with Crippen molar-refractivity contribution < 1.29 is 9.63 Å². The van der Waals surface area contributed by atoms with Gasteiger partial charge in [-0.15, -0.1) is 0 Å². The minimum Gasteiger partial charge on any atom is -0.386 e. The Hall–Kier alpha value is -3.91. The second kappa shape index (κ2) is 6.92. The van der Waals surface area contributed by atoms with Gasteiger partial charge in [-0.3, -0.25) is 9.69 Å². The molecule has 140 valence electrons. The predicted molar refractivity (Wildman–Crippen MR) is 109 cm³/mol. The molecular formula is C24H17N3O2. The number of anilines is 1. The summed E-state index contributed by atoms with van der Waals surface area (Å²) in [5, 5.41) is 14.5. The summed E-state index contributed by atoms with van der Waals surface area (Å²) in [4.78, 5) is 20.9. The average Bonchev–Trinajstić information content (AvgIpc) is 3.24. The minimum atomic E-state index is -0.732. The first-order valence-electron chi connectivity index (χ1n) is 9.46. The summed E-state index contributed by atoms with van der Waals surface area (Å²) in [5.74, 6) is -0.577. The highest BCUT2D eigenvalue weighted by molar-refractivity contribution is 6.11. The van der Waals surface area contributed by atoms with Crippen molar-refractivity contribution in [2.45, 2.75) is 12.1 Å². The van der Waals surface area contributed by atoms with Crippen molar-refractivity contribution >= 4 is 17.3 Å². The highest BCUT2D eigenvalue weighted by Gasteiger charge is 2.51. The van der Waals surface area contributed by atoms with E-state index in [0.29, 0.717) is 17.0 Å². The number of oxime groups is 1. The Kier molecular flexibility index (Phi) is 4.10. The van der Waals surface area contributed by atoms with Gasteiger partial charge in [-0.25, -0.2) is 0 Å². The fourth-order valence-corrected chi connectivity index (χ4v) is 4.15. The predicted octanol–water partition coefficient (Wildman–Crippen LogP) is 4.33. The van der Waals surface area contributed by atoms with Crippen molar-refractivity contribution in [3.05, 3.63) is 102 Å². The van der Waals surface area contributed by atoms with Crippen LogP contribution >= 0.6 is 0 Å². The molecule has 0 fully saturated rings. The van der Waals surface area contributed by atoms with Gasteiger partial charge in [0.15, 0.2) is 6.10 Å². The smallest absolute Gasteiger partial charge is 0.259 e. The first-order chi connectivity index (χ1) is 14.3. The monoisotopic (exact) mass is 379 g/mol. The molecule has 0 spiro atoms. The molecule has 5 heteroatoms. The van der Waals surface area contributed by atoms with E-state index in [1.54, 1.807) is 17.0 Å². The molecule has 2 heterocycles. The molecule has 1 amide bonds. The molecule has 0 aliphatic carbocycles. The lowest BCUT2D eigenvalue weighted by Crippen LogP contribution is -2.51. The first kappa shape index (κ1) is 17.2. The van der Waals surface area contributed by atoms with Crippen molar-refractivity contribution in [2.75, 3.05) is 4.90 Å². The summed E-state index contributed by atoms with van der Waals surface area (Å²) in [6.07, 6.45) is -0.397. The number of rotatable bonds is 2. The fraction of sp³-hybridized carbons (Fsp3) is 0.125. The molecule has 3 aromatic carbocycles. The van der Waals surface area contributed by atoms with Gasteiger partial charge in [-0.1, -0.05) is 71.9 Å². The number of benzene rings is 3. The Labute approximate surface area is 168 Å². The fourth-order valence-electron chi connectivity index (χ4n) is 4.15. The molecule has 0 saturated heterocycles. The Bertz CT molecular complexity index is 1140. The van der Waals surface area contributed by atoms with Crippen LogP contribution in [0.3, 0.4) is 0 Å². The van der Waals surface area contributed by atoms with Gasteiger partial charge < -0.3 is 4.84 Å². The van der Waals surface area contributed by atoms with Gasteiger partial charge >= 0.3 is 0 Å². The molecule has 3 aromatic rings. The summed E-state index contributed by atoms with van der Waals surface area (Å²) >= 11 is 0. The van der Waals surface area contributed by atoms with E-state index in [9.17, 15) is 10.1 Å². The van der Waals surface area contributed by atoms with Gasteiger partial charge in [-0.2, -0.15) is 5.26 Å². The Morgan fingerprint density at radius 1 is 0.931 bits per heavy atom. The molecule has 2 aliphatic rings. The summed E-state index contributed by atoms with van der Waals surface area (Å²) in [5.41, 5.74) is 3.69. The second-order valence-corrected chi connectivity index (χ2v) is 7.07. The van der Waals surface area contributed by atoms with Crippen LogP contribution in [-0.2, 0) is 4.84 Å². The highest BCUT2D eigenvalue weighted by atomic mass is 16.6. The zero-order valence-electron chi connectivity index (χ0n) is 15.5. The molecule has 5 rings (SSSR count). The van der Waals surface area contributed by atoms with Crippen LogP contribution in [0.2, 0.25) is 0 Å².